The maximum atomic E-state index is 13.6. The molecule has 6 heteroatoms. The molecule has 2 aromatic heterocycles. The van der Waals surface area contributed by atoms with Crippen LogP contribution < -0.4 is 5.32 Å². The molecule has 34 heavy (non-hydrogen) atoms. The molecule has 1 amide bonds. The molecule has 0 aliphatic heterocycles. The van der Waals surface area contributed by atoms with Crippen molar-refractivity contribution in [3.05, 3.63) is 65.6 Å². The number of rotatable bonds is 13. The van der Waals surface area contributed by atoms with Gasteiger partial charge in [-0.2, -0.15) is 5.26 Å². The van der Waals surface area contributed by atoms with E-state index in [0.717, 1.165) is 30.2 Å². The van der Waals surface area contributed by atoms with Crippen molar-refractivity contribution in [3.63, 3.8) is 0 Å². The van der Waals surface area contributed by atoms with Crippen molar-refractivity contribution in [2.45, 2.75) is 71.1 Å². The Morgan fingerprint density at radius 2 is 1.74 bits per heavy atom. The monoisotopic (exact) mass is 476 g/mol. The number of anilines is 1. The highest BCUT2D eigenvalue weighted by atomic mass is 35.5. The molecular weight excluding hydrogens is 444 g/mol. The second-order valence-electron chi connectivity index (χ2n) is 8.92. The van der Waals surface area contributed by atoms with E-state index in [9.17, 15) is 10.1 Å². The molecule has 0 saturated heterocycles. The van der Waals surface area contributed by atoms with Crippen LogP contribution in [0.1, 0.15) is 70.3 Å². The highest BCUT2D eigenvalue weighted by Crippen LogP contribution is 2.32. The van der Waals surface area contributed by atoms with E-state index in [1.54, 1.807) is 18.5 Å². The van der Waals surface area contributed by atoms with Gasteiger partial charge in [0.1, 0.15) is 10.6 Å². The third-order valence-corrected chi connectivity index (χ3v) is 6.50. The molecule has 0 aliphatic carbocycles. The lowest BCUT2D eigenvalue weighted by atomic mass is 9.77. The zero-order valence-electron chi connectivity index (χ0n) is 19.9. The minimum Gasteiger partial charge on any atom is -0.323 e. The van der Waals surface area contributed by atoms with Crippen molar-refractivity contribution in [1.82, 2.24) is 9.97 Å². The van der Waals surface area contributed by atoms with E-state index in [2.05, 4.69) is 28.3 Å². The van der Waals surface area contributed by atoms with Gasteiger partial charge in [-0.3, -0.25) is 9.78 Å². The van der Waals surface area contributed by atoms with Crippen LogP contribution in [0.2, 0.25) is 5.15 Å². The quantitative estimate of drug-likeness (QED) is 0.204. The first-order valence-corrected chi connectivity index (χ1v) is 12.6. The third kappa shape index (κ3) is 7.01. The number of fused-ring (bicyclic) bond motifs is 1. The van der Waals surface area contributed by atoms with Gasteiger partial charge in [-0.15, -0.1) is 0 Å². The molecule has 0 saturated carbocycles. The number of halogens is 1. The molecule has 178 valence electrons. The average molecular weight is 477 g/mol. The van der Waals surface area contributed by atoms with Gasteiger partial charge in [-0.1, -0.05) is 94.2 Å². The second-order valence-corrected chi connectivity index (χ2v) is 9.31. The number of nitrogens with zero attached hydrogens (tertiary/aromatic N) is 3. The Kier molecular flexibility index (Phi) is 9.85. The zero-order valence-corrected chi connectivity index (χ0v) is 20.7. The average Bonchev–Trinajstić information content (AvgIpc) is 2.86. The fourth-order valence-corrected chi connectivity index (χ4v) is 4.41. The van der Waals surface area contributed by atoms with Gasteiger partial charge in [0.15, 0.2) is 0 Å². The zero-order chi connectivity index (χ0) is 24.2. The maximum absolute atomic E-state index is 13.6. The number of pyridine rings is 2. The van der Waals surface area contributed by atoms with Gasteiger partial charge in [0.25, 0.3) is 0 Å². The van der Waals surface area contributed by atoms with Crippen molar-refractivity contribution in [3.8, 4) is 6.07 Å². The van der Waals surface area contributed by atoms with Crippen LogP contribution in [0, 0.1) is 16.7 Å². The Balaban J connectivity index is 1.74. The third-order valence-electron chi connectivity index (χ3n) is 6.28. The Hall–Kier alpha value is -2.97. The minimum atomic E-state index is -1.20. The predicted molar refractivity (Wildman–Crippen MR) is 139 cm³/mol. The number of benzene rings is 1. The summed E-state index contributed by atoms with van der Waals surface area (Å²) in [4.78, 5) is 22.2. The highest BCUT2D eigenvalue weighted by Gasteiger charge is 2.39. The Bertz CT molecular complexity index is 1100. The molecule has 1 N–H and O–H groups in total. The van der Waals surface area contributed by atoms with Crippen LogP contribution in [0.4, 0.5) is 5.69 Å². The van der Waals surface area contributed by atoms with E-state index in [1.807, 2.05) is 36.4 Å². The van der Waals surface area contributed by atoms with Gasteiger partial charge in [-0.25, -0.2) is 4.98 Å². The molecule has 1 unspecified atom stereocenters. The number of hydrogen-bond donors (Lipinski definition) is 1. The summed E-state index contributed by atoms with van der Waals surface area (Å²) >= 11 is 5.94. The number of para-hydroxylation sites is 1. The summed E-state index contributed by atoms with van der Waals surface area (Å²) in [6, 6.07) is 15.4. The summed E-state index contributed by atoms with van der Waals surface area (Å²) in [5, 5.41) is 14.6. The van der Waals surface area contributed by atoms with Gasteiger partial charge in [0, 0.05) is 24.2 Å². The topological polar surface area (TPSA) is 78.7 Å². The van der Waals surface area contributed by atoms with Crippen molar-refractivity contribution in [1.29, 1.82) is 5.26 Å². The molecule has 3 rings (SSSR count). The molecule has 0 radical (unpaired) electrons. The van der Waals surface area contributed by atoms with Gasteiger partial charge in [-0.05, 0) is 30.2 Å². The number of carbonyl (C=O) groups excluding carboxylic acids is 1. The Morgan fingerprint density at radius 3 is 2.44 bits per heavy atom. The number of unbranched alkanes of at least 4 members (excludes halogenated alkanes) is 7. The van der Waals surface area contributed by atoms with Crippen molar-refractivity contribution >= 4 is 34.1 Å². The number of amides is 1. The molecule has 0 bridgehead atoms. The number of aromatic nitrogens is 2. The standard InChI is InChI=1S/C28H33ClN4O/c1-2-3-4-5-6-7-8-9-17-28(21-30,19-22-15-16-25(29)32-20-22)27(34)33-24-14-10-12-23-13-11-18-31-26(23)24/h10-16,18,20H,2-9,17,19H2,1H3,(H,33,34). The molecule has 0 aliphatic rings. The first kappa shape index (κ1) is 25.6. The van der Waals surface area contributed by atoms with E-state index >= 15 is 0 Å². The van der Waals surface area contributed by atoms with Crippen LogP contribution in [-0.2, 0) is 11.2 Å². The van der Waals surface area contributed by atoms with Crippen LogP contribution in [0.3, 0.4) is 0 Å². The number of nitriles is 1. The summed E-state index contributed by atoms with van der Waals surface area (Å²) in [6.45, 7) is 2.22. The van der Waals surface area contributed by atoms with Crippen LogP contribution >= 0.6 is 11.6 Å². The molecule has 0 spiro atoms. The predicted octanol–water partition coefficient (Wildman–Crippen LogP) is 7.51. The molecule has 5 nitrogen and oxygen atoms in total. The Morgan fingerprint density at radius 1 is 1.00 bits per heavy atom. The lowest BCUT2D eigenvalue weighted by Crippen LogP contribution is -2.37. The summed E-state index contributed by atoms with van der Waals surface area (Å²) in [6.07, 6.45) is 13.4. The van der Waals surface area contributed by atoms with Crippen LogP contribution in [0.25, 0.3) is 10.9 Å². The lowest BCUT2D eigenvalue weighted by Gasteiger charge is -2.26. The number of carbonyl (C=O) groups is 1. The second kappa shape index (κ2) is 13.1. The van der Waals surface area contributed by atoms with Gasteiger partial charge >= 0.3 is 0 Å². The first-order chi connectivity index (χ1) is 16.6. The highest BCUT2D eigenvalue weighted by molar-refractivity contribution is 6.29. The SMILES string of the molecule is CCCCCCCCCCC(C#N)(Cc1ccc(Cl)nc1)C(=O)Nc1cccc2cccnc12. The minimum absolute atomic E-state index is 0.286. The van der Waals surface area contributed by atoms with Crippen molar-refractivity contribution in [2.75, 3.05) is 5.32 Å². The van der Waals surface area contributed by atoms with E-state index in [-0.39, 0.29) is 12.3 Å². The van der Waals surface area contributed by atoms with Crippen molar-refractivity contribution in [2.24, 2.45) is 5.41 Å². The molecule has 3 aromatic rings. The summed E-state index contributed by atoms with van der Waals surface area (Å²) in [5.41, 5.74) is 0.948. The van der Waals surface area contributed by atoms with Gasteiger partial charge in [0.05, 0.1) is 17.3 Å². The van der Waals surface area contributed by atoms with Crippen LogP contribution in [-0.4, -0.2) is 15.9 Å². The van der Waals surface area contributed by atoms with E-state index in [0.29, 0.717) is 22.8 Å². The normalized spacial score (nSPS) is 12.7. The smallest absolute Gasteiger partial charge is 0.245 e. The fourth-order valence-electron chi connectivity index (χ4n) is 4.30. The summed E-state index contributed by atoms with van der Waals surface area (Å²) in [7, 11) is 0. The molecule has 2 heterocycles. The van der Waals surface area contributed by atoms with Crippen LogP contribution in [0.5, 0.6) is 0 Å². The van der Waals surface area contributed by atoms with Gasteiger partial charge < -0.3 is 5.32 Å². The number of hydrogen-bond acceptors (Lipinski definition) is 4. The summed E-state index contributed by atoms with van der Waals surface area (Å²) < 4.78 is 0. The maximum Gasteiger partial charge on any atom is 0.245 e. The fraction of sp³-hybridized carbons (Fsp3) is 0.429. The van der Waals surface area contributed by atoms with Crippen LogP contribution in [0.15, 0.2) is 54.9 Å². The van der Waals surface area contributed by atoms with Crippen molar-refractivity contribution < 1.29 is 4.79 Å². The Labute approximate surface area is 207 Å². The van der Waals surface area contributed by atoms with Gasteiger partial charge in [0.2, 0.25) is 5.91 Å². The lowest BCUT2D eigenvalue weighted by molar-refractivity contribution is -0.123. The van der Waals surface area contributed by atoms with E-state index < -0.39 is 5.41 Å². The summed E-state index contributed by atoms with van der Waals surface area (Å²) in [5.74, 6) is -0.300. The molecule has 0 fully saturated rings. The molecule has 1 aromatic carbocycles. The first-order valence-electron chi connectivity index (χ1n) is 12.2. The van der Waals surface area contributed by atoms with E-state index in [1.165, 1.54) is 32.1 Å². The number of nitrogens with one attached hydrogen (secondary N) is 1. The molecule has 1 atom stereocenters. The molecular formula is C28H33ClN4O. The largest absolute Gasteiger partial charge is 0.323 e. The van der Waals surface area contributed by atoms with E-state index in [4.69, 9.17) is 11.6 Å².